The molecule has 44 heavy (non-hydrogen) atoms. The number of halogens is 6. The molecule has 1 fully saturated rings. The molecule has 1 aliphatic rings. The minimum Gasteiger partial charge on any atom is -0.430 e. The van der Waals surface area contributed by atoms with Crippen LogP contribution in [0.5, 0.6) is 0 Å². The van der Waals surface area contributed by atoms with E-state index >= 15 is 0 Å². The summed E-state index contributed by atoms with van der Waals surface area (Å²) in [4.78, 5) is 38.0. The fourth-order valence-electron chi connectivity index (χ4n) is 5.31. The van der Waals surface area contributed by atoms with E-state index in [0.29, 0.717) is 24.0 Å². The third kappa shape index (κ3) is 8.41. The van der Waals surface area contributed by atoms with E-state index in [-0.39, 0.29) is 12.3 Å². The van der Waals surface area contributed by atoms with Gasteiger partial charge in [-0.05, 0) is 85.3 Å². The maximum Gasteiger partial charge on any atom is 0.490 e. The highest BCUT2D eigenvalue weighted by Crippen LogP contribution is 2.39. The fraction of sp³-hybridized carbons (Fsp3) is 0.323. The number of benzene rings is 3. The molecule has 13 heteroatoms. The van der Waals surface area contributed by atoms with Crippen molar-refractivity contribution in [2.24, 2.45) is 5.92 Å². The molecule has 0 aromatic heterocycles. The van der Waals surface area contributed by atoms with Crippen LogP contribution in [0.15, 0.2) is 77.3 Å². The Morgan fingerprint density at radius 3 is 1.91 bits per heavy atom. The lowest BCUT2D eigenvalue weighted by Gasteiger charge is -2.37. The number of alkyl halides is 3. The average Bonchev–Trinajstić information content (AvgIpc) is 2.99. The summed E-state index contributed by atoms with van der Waals surface area (Å²) >= 11 is 3.39. The van der Waals surface area contributed by atoms with Gasteiger partial charge in [-0.25, -0.2) is 13.6 Å². The van der Waals surface area contributed by atoms with Crippen LogP contribution in [-0.2, 0) is 19.1 Å². The molecule has 4 atom stereocenters. The summed E-state index contributed by atoms with van der Waals surface area (Å²) in [6.07, 6.45) is -6.29. The van der Waals surface area contributed by atoms with Crippen LogP contribution < -0.4 is 16.0 Å². The highest BCUT2D eigenvalue weighted by molar-refractivity contribution is 9.10. The maximum absolute atomic E-state index is 13.9. The van der Waals surface area contributed by atoms with Gasteiger partial charge in [0.15, 0.2) is 0 Å². The summed E-state index contributed by atoms with van der Waals surface area (Å²) in [6, 6.07) is 17.2. The van der Waals surface area contributed by atoms with Gasteiger partial charge in [0.25, 0.3) is 5.91 Å². The van der Waals surface area contributed by atoms with E-state index in [0.717, 1.165) is 10.0 Å². The van der Waals surface area contributed by atoms with E-state index in [9.17, 15) is 36.3 Å². The molecular weight excluding hydrogens is 653 g/mol. The normalized spacial score (nSPS) is 19.2. The van der Waals surface area contributed by atoms with E-state index in [1.807, 2.05) is 12.1 Å². The summed E-state index contributed by atoms with van der Waals surface area (Å²) in [5.41, 5.74) is 1.96. The van der Waals surface area contributed by atoms with Gasteiger partial charge in [-0.3, -0.25) is 14.9 Å². The van der Waals surface area contributed by atoms with E-state index in [1.165, 1.54) is 55.6 Å². The van der Waals surface area contributed by atoms with Crippen LogP contribution in [0.25, 0.3) is 0 Å². The Bertz CT molecular complexity index is 1410. The van der Waals surface area contributed by atoms with Crippen LogP contribution in [0.4, 0.5) is 22.0 Å². The van der Waals surface area contributed by atoms with Gasteiger partial charge in [0, 0.05) is 16.4 Å². The van der Waals surface area contributed by atoms with Gasteiger partial charge in [-0.1, -0.05) is 52.3 Å². The van der Waals surface area contributed by atoms with Crippen LogP contribution in [0.3, 0.4) is 0 Å². The van der Waals surface area contributed by atoms with Crippen LogP contribution in [-0.4, -0.2) is 43.3 Å². The molecule has 0 heterocycles. The summed E-state index contributed by atoms with van der Waals surface area (Å²) in [7, 11) is 1.18. The molecule has 3 aromatic rings. The Kier molecular flexibility index (Phi) is 10.7. The van der Waals surface area contributed by atoms with Crippen molar-refractivity contribution in [3.8, 4) is 0 Å². The summed E-state index contributed by atoms with van der Waals surface area (Å²) in [5, 5.41) is 7.93. The van der Waals surface area contributed by atoms with Crippen molar-refractivity contribution < 1.29 is 41.1 Å². The highest BCUT2D eigenvalue weighted by Gasteiger charge is 2.44. The van der Waals surface area contributed by atoms with Crippen LogP contribution in [0, 0.1) is 17.6 Å². The third-order valence-electron chi connectivity index (χ3n) is 7.48. The largest absolute Gasteiger partial charge is 0.490 e. The predicted molar refractivity (Wildman–Crippen MR) is 154 cm³/mol. The first-order valence-electron chi connectivity index (χ1n) is 13.7. The van der Waals surface area contributed by atoms with E-state index in [1.54, 1.807) is 12.1 Å². The molecule has 1 saturated carbocycles. The van der Waals surface area contributed by atoms with Gasteiger partial charge in [0.05, 0.1) is 6.04 Å². The van der Waals surface area contributed by atoms with Gasteiger partial charge in [-0.2, -0.15) is 13.2 Å². The topological polar surface area (TPSA) is 96.5 Å². The molecule has 0 bridgehead atoms. The molecule has 0 radical (unpaired) electrons. The van der Waals surface area contributed by atoms with Crippen molar-refractivity contribution in [1.82, 2.24) is 16.0 Å². The number of amides is 2. The minimum atomic E-state index is -5.27. The minimum absolute atomic E-state index is 0.257. The van der Waals surface area contributed by atoms with Crippen molar-refractivity contribution >= 4 is 33.7 Å². The Morgan fingerprint density at radius 2 is 1.41 bits per heavy atom. The number of rotatable bonds is 9. The molecule has 0 spiro atoms. The second-order valence-electron chi connectivity index (χ2n) is 10.4. The molecule has 0 aliphatic heterocycles. The molecule has 3 N–H and O–H groups in total. The molecule has 2 amide bonds. The lowest BCUT2D eigenvalue weighted by Crippen LogP contribution is -2.52. The Labute approximate surface area is 258 Å². The van der Waals surface area contributed by atoms with Gasteiger partial charge in [0.2, 0.25) is 12.1 Å². The Hall–Kier alpha value is -3.84. The molecule has 4 rings (SSSR count). The third-order valence-corrected chi connectivity index (χ3v) is 8.01. The average molecular weight is 682 g/mol. The van der Waals surface area contributed by atoms with Crippen molar-refractivity contribution in [1.29, 1.82) is 0 Å². The lowest BCUT2D eigenvalue weighted by atomic mass is 9.72. The van der Waals surface area contributed by atoms with Gasteiger partial charge >= 0.3 is 12.1 Å². The number of ether oxygens (including phenoxy) is 1. The van der Waals surface area contributed by atoms with Crippen molar-refractivity contribution in [2.45, 2.75) is 49.7 Å². The van der Waals surface area contributed by atoms with Crippen LogP contribution in [0.2, 0.25) is 0 Å². The molecule has 0 saturated heterocycles. The number of carbonyl (C=O) groups excluding carboxylic acids is 3. The molecule has 3 aromatic carbocycles. The molecule has 1 aliphatic carbocycles. The lowest BCUT2D eigenvalue weighted by molar-refractivity contribution is -0.206. The number of hydrogen-bond donors (Lipinski definition) is 3. The van der Waals surface area contributed by atoms with E-state index in [4.69, 9.17) is 0 Å². The predicted octanol–water partition coefficient (Wildman–Crippen LogP) is 5.65. The number of nitrogens with one attached hydrogen (secondary N) is 3. The van der Waals surface area contributed by atoms with Crippen molar-refractivity contribution in [2.75, 3.05) is 7.05 Å². The van der Waals surface area contributed by atoms with Crippen molar-refractivity contribution in [3.05, 3.63) is 106 Å². The first-order chi connectivity index (χ1) is 20.8. The number of likely N-dealkylation sites (N-methyl/N-ethyl adjacent to an activating group) is 1. The molecular formula is C31H29BrF5N3O4. The van der Waals surface area contributed by atoms with Crippen LogP contribution in [0.1, 0.15) is 47.9 Å². The SMILES string of the molecule is CNC(OC(=O)C(F)(F)F)C(=O)N[C@@H]1CC[C@@H](C(=O)NC(c2ccc(F)cc2)c2ccc(F)cc2)[C@H](c2ccc(Br)cc2)C1. The quantitative estimate of drug-likeness (QED) is 0.154. The molecule has 234 valence electrons. The first-order valence-corrected chi connectivity index (χ1v) is 14.5. The molecule has 7 nitrogen and oxygen atoms in total. The first kappa shape index (κ1) is 33.1. The number of esters is 1. The standard InChI is InChI=1S/C31H29BrF5N3O4/c1-38-29(44-30(43)31(35,36)37)28(42)39-23-14-15-24(25(16-23)17-2-8-20(32)9-3-17)27(41)40-26(18-4-10-21(33)11-5-18)19-6-12-22(34)13-7-19/h2-13,23-26,29,38H,14-16H2,1H3,(H,39,42)(H,40,41)/t23-,24-,25+,29?/m1/s1. The second kappa shape index (κ2) is 14.3. The zero-order valence-corrected chi connectivity index (χ0v) is 24.9. The Morgan fingerprint density at radius 1 is 0.864 bits per heavy atom. The molecule has 1 unspecified atom stereocenters. The highest BCUT2D eigenvalue weighted by atomic mass is 79.9. The smallest absolute Gasteiger partial charge is 0.430 e. The van der Waals surface area contributed by atoms with E-state index in [2.05, 4.69) is 36.6 Å². The fourth-order valence-corrected chi connectivity index (χ4v) is 5.57. The zero-order valence-electron chi connectivity index (χ0n) is 23.3. The van der Waals surface area contributed by atoms with Gasteiger partial charge < -0.3 is 15.4 Å². The maximum atomic E-state index is 13.9. The second-order valence-corrected chi connectivity index (χ2v) is 11.3. The van der Waals surface area contributed by atoms with E-state index < -0.39 is 59.8 Å². The summed E-state index contributed by atoms with van der Waals surface area (Å²) < 4.78 is 70.5. The van der Waals surface area contributed by atoms with Gasteiger partial charge in [0.1, 0.15) is 11.6 Å². The number of hydrogen-bond acceptors (Lipinski definition) is 5. The zero-order chi connectivity index (χ0) is 32.0. The Balaban J connectivity index is 1.56. The van der Waals surface area contributed by atoms with Crippen molar-refractivity contribution in [3.63, 3.8) is 0 Å². The monoisotopic (exact) mass is 681 g/mol. The summed E-state index contributed by atoms with van der Waals surface area (Å²) in [6.45, 7) is 0. The number of carbonyl (C=O) groups is 3. The van der Waals surface area contributed by atoms with Gasteiger partial charge in [-0.15, -0.1) is 0 Å². The van der Waals surface area contributed by atoms with Crippen LogP contribution >= 0.6 is 15.9 Å². The summed E-state index contributed by atoms with van der Waals surface area (Å²) in [5.74, 6) is -5.71.